The maximum atomic E-state index is 12.7. The predicted octanol–water partition coefficient (Wildman–Crippen LogP) is 3.21. The SMILES string of the molecule is CC(COCCF)[C@H](C)NC(=O)c1ccc(N2CCCC2)c(OCC2CC2)n1. The molecule has 1 N–H and O–H groups in total. The molecule has 1 amide bonds. The highest BCUT2D eigenvalue weighted by Crippen LogP contribution is 2.33. The average molecular weight is 394 g/mol. The Morgan fingerprint density at radius 2 is 2.07 bits per heavy atom. The number of rotatable bonds is 11. The molecule has 0 spiro atoms. The summed E-state index contributed by atoms with van der Waals surface area (Å²) < 4.78 is 23.4. The van der Waals surface area contributed by atoms with Crippen LogP contribution in [0.15, 0.2) is 12.1 Å². The van der Waals surface area contributed by atoms with Crippen molar-refractivity contribution in [2.45, 2.75) is 45.6 Å². The van der Waals surface area contributed by atoms with Crippen molar-refractivity contribution in [2.75, 3.05) is 44.5 Å². The molecule has 1 aliphatic carbocycles. The Morgan fingerprint density at radius 1 is 1.32 bits per heavy atom. The van der Waals surface area contributed by atoms with Crippen LogP contribution >= 0.6 is 0 Å². The number of carbonyl (C=O) groups excluding carboxylic acids is 1. The topological polar surface area (TPSA) is 63.7 Å². The van der Waals surface area contributed by atoms with E-state index in [1.54, 1.807) is 6.07 Å². The van der Waals surface area contributed by atoms with Gasteiger partial charge >= 0.3 is 0 Å². The first-order valence-electron chi connectivity index (χ1n) is 10.4. The summed E-state index contributed by atoms with van der Waals surface area (Å²) in [5.41, 5.74) is 1.34. The molecule has 2 atom stereocenters. The predicted molar refractivity (Wildman–Crippen MR) is 107 cm³/mol. The number of nitrogens with zero attached hydrogens (tertiary/aromatic N) is 2. The lowest BCUT2D eigenvalue weighted by Crippen LogP contribution is -2.39. The fourth-order valence-corrected chi connectivity index (χ4v) is 3.24. The molecule has 1 aliphatic heterocycles. The van der Waals surface area contributed by atoms with Gasteiger partial charge in [0.05, 0.1) is 25.5 Å². The molecule has 0 aromatic carbocycles. The van der Waals surface area contributed by atoms with Crippen molar-refractivity contribution in [1.29, 1.82) is 0 Å². The first-order chi connectivity index (χ1) is 13.6. The smallest absolute Gasteiger partial charge is 0.270 e. The zero-order valence-electron chi connectivity index (χ0n) is 17.0. The van der Waals surface area contributed by atoms with Crippen molar-refractivity contribution in [3.05, 3.63) is 17.8 Å². The Bertz CT molecular complexity index is 648. The number of hydrogen-bond acceptors (Lipinski definition) is 5. The molecule has 2 aliphatic rings. The quantitative estimate of drug-likeness (QED) is 0.585. The Labute approximate surface area is 166 Å². The fourth-order valence-electron chi connectivity index (χ4n) is 3.24. The summed E-state index contributed by atoms with van der Waals surface area (Å²) in [6, 6.07) is 3.61. The Kier molecular flexibility index (Phi) is 7.48. The van der Waals surface area contributed by atoms with Crippen LogP contribution < -0.4 is 15.0 Å². The zero-order chi connectivity index (χ0) is 19.9. The lowest BCUT2D eigenvalue weighted by atomic mass is 10.0. The molecule has 7 heteroatoms. The molecular weight excluding hydrogens is 361 g/mol. The van der Waals surface area contributed by atoms with Crippen molar-refractivity contribution in [2.24, 2.45) is 11.8 Å². The van der Waals surface area contributed by atoms with E-state index in [2.05, 4.69) is 15.2 Å². The van der Waals surface area contributed by atoms with Gasteiger partial charge in [-0.25, -0.2) is 9.37 Å². The van der Waals surface area contributed by atoms with E-state index in [0.29, 0.717) is 30.7 Å². The number of nitrogens with one attached hydrogen (secondary N) is 1. The molecule has 1 saturated carbocycles. The van der Waals surface area contributed by atoms with Crippen LogP contribution in [0, 0.1) is 11.8 Å². The van der Waals surface area contributed by atoms with E-state index in [1.807, 2.05) is 19.9 Å². The van der Waals surface area contributed by atoms with Crippen molar-refractivity contribution in [3.63, 3.8) is 0 Å². The Morgan fingerprint density at radius 3 is 2.75 bits per heavy atom. The molecule has 0 bridgehead atoms. The van der Waals surface area contributed by atoms with Gasteiger partial charge in [0.1, 0.15) is 12.4 Å². The van der Waals surface area contributed by atoms with Gasteiger partial charge in [-0.3, -0.25) is 4.79 Å². The Balaban J connectivity index is 1.64. The monoisotopic (exact) mass is 393 g/mol. The number of pyridine rings is 1. The molecular formula is C21H32FN3O3. The van der Waals surface area contributed by atoms with E-state index in [4.69, 9.17) is 9.47 Å². The highest BCUT2D eigenvalue weighted by atomic mass is 19.1. The second kappa shape index (κ2) is 10.0. The molecule has 3 rings (SSSR count). The first kappa shape index (κ1) is 20.8. The van der Waals surface area contributed by atoms with E-state index >= 15 is 0 Å². The van der Waals surface area contributed by atoms with Gasteiger partial charge in [-0.05, 0) is 56.6 Å². The number of amides is 1. The molecule has 2 fully saturated rings. The zero-order valence-corrected chi connectivity index (χ0v) is 17.0. The van der Waals surface area contributed by atoms with Gasteiger partial charge in [0.25, 0.3) is 5.91 Å². The third-order valence-electron chi connectivity index (χ3n) is 5.49. The molecule has 156 valence electrons. The van der Waals surface area contributed by atoms with Gasteiger partial charge in [-0.15, -0.1) is 0 Å². The van der Waals surface area contributed by atoms with Crippen molar-refractivity contribution in [3.8, 4) is 5.88 Å². The van der Waals surface area contributed by atoms with E-state index in [9.17, 15) is 9.18 Å². The van der Waals surface area contributed by atoms with Crippen molar-refractivity contribution >= 4 is 11.6 Å². The van der Waals surface area contributed by atoms with E-state index in [1.165, 1.54) is 25.7 Å². The summed E-state index contributed by atoms with van der Waals surface area (Å²) in [6.07, 6.45) is 4.76. The second-order valence-corrected chi connectivity index (χ2v) is 7.97. The summed E-state index contributed by atoms with van der Waals surface area (Å²) in [7, 11) is 0. The molecule has 28 heavy (non-hydrogen) atoms. The van der Waals surface area contributed by atoms with Gasteiger partial charge < -0.3 is 19.7 Å². The maximum absolute atomic E-state index is 12.7. The van der Waals surface area contributed by atoms with Gasteiger partial charge in [-0.2, -0.15) is 0 Å². The van der Waals surface area contributed by atoms with E-state index < -0.39 is 6.67 Å². The molecule has 1 aromatic rings. The summed E-state index contributed by atoms with van der Waals surface area (Å²) in [5, 5.41) is 2.97. The third kappa shape index (κ3) is 5.80. The van der Waals surface area contributed by atoms with E-state index in [0.717, 1.165) is 18.8 Å². The van der Waals surface area contributed by atoms with Gasteiger partial charge in [0.15, 0.2) is 0 Å². The van der Waals surface area contributed by atoms with E-state index in [-0.39, 0.29) is 24.5 Å². The average Bonchev–Trinajstić information content (AvgIpc) is 3.37. The van der Waals surface area contributed by atoms with Crippen LogP contribution in [0.5, 0.6) is 5.88 Å². The number of hydrogen-bond donors (Lipinski definition) is 1. The third-order valence-corrected chi connectivity index (χ3v) is 5.49. The van der Waals surface area contributed by atoms with Crippen LogP contribution in [-0.2, 0) is 4.74 Å². The van der Waals surface area contributed by atoms with Crippen LogP contribution in [0.2, 0.25) is 0 Å². The minimum absolute atomic E-state index is 0.0740. The number of anilines is 1. The van der Waals surface area contributed by atoms with Gasteiger partial charge in [0, 0.05) is 19.1 Å². The van der Waals surface area contributed by atoms with Crippen LogP contribution in [0.3, 0.4) is 0 Å². The minimum Gasteiger partial charge on any atom is -0.476 e. The summed E-state index contributed by atoms with van der Waals surface area (Å²) in [5.74, 6) is 1.03. The molecule has 1 saturated heterocycles. The minimum atomic E-state index is -0.496. The normalized spacial score (nSPS) is 18.8. The number of aromatic nitrogens is 1. The fraction of sp³-hybridized carbons (Fsp3) is 0.714. The number of ether oxygens (including phenoxy) is 2. The highest BCUT2D eigenvalue weighted by molar-refractivity contribution is 5.93. The van der Waals surface area contributed by atoms with Crippen LogP contribution in [-0.4, -0.2) is 56.5 Å². The molecule has 2 heterocycles. The lowest BCUT2D eigenvalue weighted by Gasteiger charge is -2.23. The largest absolute Gasteiger partial charge is 0.476 e. The number of halogens is 1. The summed E-state index contributed by atoms with van der Waals surface area (Å²) >= 11 is 0. The summed E-state index contributed by atoms with van der Waals surface area (Å²) in [4.78, 5) is 19.5. The molecule has 6 nitrogen and oxygen atoms in total. The number of carbonyl (C=O) groups is 1. The first-order valence-corrected chi connectivity index (χ1v) is 10.4. The van der Waals surface area contributed by atoms with Crippen LogP contribution in [0.4, 0.5) is 10.1 Å². The maximum Gasteiger partial charge on any atom is 0.270 e. The van der Waals surface area contributed by atoms with Crippen LogP contribution in [0.1, 0.15) is 50.0 Å². The highest BCUT2D eigenvalue weighted by Gasteiger charge is 2.25. The van der Waals surface area contributed by atoms with Crippen LogP contribution in [0.25, 0.3) is 0 Å². The van der Waals surface area contributed by atoms with Crippen molar-refractivity contribution in [1.82, 2.24) is 10.3 Å². The second-order valence-electron chi connectivity index (χ2n) is 7.97. The molecule has 1 aromatic heterocycles. The standard InChI is InChI=1S/C21H32FN3O3/c1-15(13-27-12-9-22)16(2)23-20(26)18-7-8-19(25-10-3-4-11-25)21(24-18)28-14-17-5-6-17/h7-8,15-17H,3-6,9-14H2,1-2H3,(H,23,26)/t15?,16-/m0/s1. The number of alkyl halides is 1. The van der Waals surface area contributed by atoms with Gasteiger partial charge in [0.2, 0.25) is 5.88 Å². The molecule has 1 unspecified atom stereocenters. The Hall–Kier alpha value is -1.89. The lowest BCUT2D eigenvalue weighted by molar-refractivity contribution is 0.0757. The molecule has 0 radical (unpaired) electrons. The van der Waals surface area contributed by atoms with Gasteiger partial charge in [-0.1, -0.05) is 6.92 Å². The van der Waals surface area contributed by atoms with Crippen molar-refractivity contribution < 1.29 is 18.7 Å². The summed E-state index contributed by atoms with van der Waals surface area (Å²) in [6.45, 7) is 6.56.